The third-order valence-electron chi connectivity index (χ3n) is 2.12. The van der Waals surface area contributed by atoms with Crippen molar-refractivity contribution in [1.29, 1.82) is 0 Å². The smallest absolute Gasteiger partial charge is 0.453 e. The van der Waals surface area contributed by atoms with E-state index in [4.69, 9.17) is 5.11 Å². The number of H-pyrrole nitrogens is 1. The molecule has 100 valence electrons. The third kappa shape index (κ3) is 2.99. The molecule has 0 aliphatic rings. The largest absolute Gasteiger partial charge is 0.508 e. The number of halogens is 3. The molecule has 0 bridgehead atoms. The molecule has 2 aromatic rings. The molecular weight excluding hydrogens is 281 g/mol. The number of alkyl halides is 3. The fraction of sp³-hybridized carbons (Fsp3) is 0.100. The van der Waals surface area contributed by atoms with Crippen molar-refractivity contribution in [2.45, 2.75) is 6.18 Å². The molecule has 5 nitrogen and oxygen atoms in total. The lowest BCUT2D eigenvalue weighted by atomic mass is 10.2. The molecule has 1 aromatic heterocycles. The van der Waals surface area contributed by atoms with E-state index in [0.29, 0.717) is 10.2 Å². The minimum atomic E-state index is -4.65. The number of phenols is 1. The van der Waals surface area contributed by atoms with Gasteiger partial charge in [-0.1, -0.05) is 0 Å². The van der Waals surface area contributed by atoms with Gasteiger partial charge in [0.25, 0.3) is 5.82 Å². The molecule has 2 N–H and O–H groups in total. The molecule has 0 fully saturated rings. The Kier molecular flexibility index (Phi) is 3.38. The first-order valence-electron chi connectivity index (χ1n) is 4.96. The Morgan fingerprint density at radius 3 is 2.53 bits per heavy atom. The van der Waals surface area contributed by atoms with E-state index >= 15 is 0 Å². The summed E-state index contributed by atoms with van der Waals surface area (Å²) >= 11 is 4.67. The van der Waals surface area contributed by atoms with Crippen molar-refractivity contribution in [2.75, 3.05) is 0 Å². The van der Waals surface area contributed by atoms with Crippen molar-refractivity contribution < 1.29 is 18.3 Å². The van der Waals surface area contributed by atoms with Crippen LogP contribution in [0.3, 0.4) is 0 Å². The van der Waals surface area contributed by atoms with Crippen molar-refractivity contribution in [1.82, 2.24) is 14.9 Å². The molecule has 0 unspecified atom stereocenters. The predicted octanol–water partition coefficient (Wildman–Crippen LogP) is 2.55. The van der Waals surface area contributed by atoms with Crippen LogP contribution in [0, 0.1) is 4.77 Å². The van der Waals surface area contributed by atoms with E-state index in [1.807, 2.05) is 5.10 Å². The number of nitrogens with zero attached hydrogens (tertiary/aromatic N) is 3. The van der Waals surface area contributed by atoms with Crippen LogP contribution < -0.4 is 0 Å². The highest BCUT2D eigenvalue weighted by molar-refractivity contribution is 7.71. The van der Waals surface area contributed by atoms with Gasteiger partial charge in [-0.25, -0.2) is 5.10 Å². The Balaban J connectivity index is 2.36. The summed E-state index contributed by atoms with van der Waals surface area (Å²) in [7, 11) is 0. The van der Waals surface area contributed by atoms with Gasteiger partial charge in [-0.3, -0.25) is 0 Å². The molecule has 0 radical (unpaired) electrons. The van der Waals surface area contributed by atoms with Crippen molar-refractivity contribution in [2.24, 2.45) is 5.10 Å². The second-order valence-corrected chi connectivity index (χ2v) is 3.88. The summed E-state index contributed by atoms with van der Waals surface area (Å²) < 4.78 is 38.0. The molecule has 9 heteroatoms. The predicted molar refractivity (Wildman–Crippen MR) is 63.5 cm³/mol. The first-order chi connectivity index (χ1) is 8.88. The van der Waals surface area contributed by atoms with Gasteiger partial charge in [0.15, 0.2) is 0 Å². The van der Waals surface area contributed by atoms with E-state index in [0.717, 1.165) is 0 Å². The van der Waals surface area contributed by atoms with E-state index in [9.17, 15) is 13.2 Å². The minimum absolute atomic E-state index is 0.0491. The van der Waals surface area contributed by atoms with Crippen molar-refractivity contribution in [3.05, 3.63) is 40.4 Å². The SMILES string of the molecule is Oc1ccc(/C=N\n2c(C(F)(F)F)n[nH]c2=S)cc1. The van der Waals surface area contributed by atoms with Crippen LogP contribution in [0.25, 0.3) is 0 Å². The van der Waals surface area contributed by atoms with Gasteiger partial charge in [-0.05, 0) is 42.0 Å². The normalized spacial score (nSPS) is 12.2. The zero-order valence-corrected chi connectivity index (χ0v) is 10.0. The van der Waals surface area contributed by atoms with Gasteiger partial charge in [0.2, 0.25) is 4.77 Å². The van der Waals surface area contributed by atoms with Crippen LogP contribution in [0.4, 0.5) is 13.2 Å². The topological polar surface area (TPSA) is 66.2 Å². The lowest BCUT2D eigenvalue weighted by molar-refractivity contribution is -0.147. The molecule has 2 rings (SSSR count). The Morgan fingerprint density at radius 2 is 1.95 bits per heavy atom. The maximum absolute atomic E-state index is 12.6. The lowest BCUT2D eigenvalue weighted by Crippen LogP contribution is -2.12. The van der Waals surface area contributed by atoms with E-state index in [-0.39, 0.29) is 10.5 Å². The van der Waals surface area contributed by atoms with Crippen molar-refractivity contribution >= 4 is 18.4 Å². The first kappa shape index (κ1) is 13.3. The van der Waals surface area contributed by atoms with Gasteiger partial charge >= 0.3 is 6.18 Å². The monoisotopic (exact) mass is 288 g/mol. The van der Waals surface area contributed by atoms with Crippen LogP contribution in [-0.2, 0) is 6.18 Å². The average Bonchev–Trinajstić information content (AvgIpc) is 2.70. The van der Waals surface area contributed by atoms with E-state index in [1.54, 1.807) is 0 Å². The quantitative estimate of drug-likeness (QED) is 0.659. The summed E-state index contributed by atoms with van der Waals surface area (Å²) in [5, 5.41) is 17.8. The van der Waals surface area contributed by atoms with Gasteiger partial charge in [0.05, 0.1) is 6.21 Å². The Morgan fingerprint density at radius 1 is 1.32 bits per heavy atom. The maximum atomic E-state index is 12.6. The Bertz CT molecular complexity index is 657. The van der Waals surface area contributed by atoms with Gasteiger partial charge in [0, 0.05) is 0 Å². The van der Waals surface area contributed by atoms with Crippen LogP contribution in [0.15, 0.2) is 29.4 Å². The van der Waals surface area contributed by atoms with Crippen LogP contribution in [0.1, 0.15) is 11.4 Å². The standard InChI is InChI=1S/C10H7F3N4OS/c11-10(12,13)8-15-16-9(19)17(8)14-5-6-1-3-7(18)4-2-6/h1-5,18H,(H,16,19)/b14-5-. The molecular formula is C10H7F3N4OS. The number of nitrogens with one attached hydrogen (secondary N) is 1. The molecule has 0 aliphatic heterocycles. The van der Waals surface area contributed by atoms with Crippen LogP contribution in [-0.4, -0.2) is 26.2 Å². The van der Waals surface area contributed by atoms with Crippen LogP contribution in [0.5, 0.6) is 5.75 Å². The van der Waals surface area contributed by atoms with Crippen LogP contribution >= 0.6 is 12.2 Å². The fourth-order valence-electron chi connectivity index (χ4n) is 1.27. The molecule has 0 aliphatic carbocycles. The Hall–Kier alpha value is -2.16. The summed E-state index contributed by atoms with van der Waals surface area (Å²) in [5.41, 5.74) is 0.508. The summed E-state index contributed by atoms with van der Waals surface area (Å²) in [6.07, 6.45) is -3.47. The molecule has 1 heterocycles. The zero-order chi connectivity index (χ0) is 14.0. The summed E-state index contributed by atoms with van der Waals surface area (Å²) in [5.74, 6) is -1.18. The number of aromatic hydroxyl groups is 1. The summed E-state index contributed by atoms with van der Waals surface area (Å²) in [6.45, 7) is 0. The number of aromatic nitrogens is 3. The van der Waals surface area contributed by atoms with Crippen LogP contribution in [0.2, 0.25) is 0 Å². The van der Waals surface area contributed by atoms with Gasteiger partial charge < -0.3 is 5.11 Å². The molecule has 0 saturated carbocycles. The van der Waals surface area contributed by atoms with Crippen molar-refractivity contribution in [3.8, 4) is 5.75 Å². The van der Waals surface area contributed by atoms with E-state index < -0.39 is 12.0 Å². The number of phenolic OH excluding ortho intramolecular Hbond substituents is 1. The first-order valence-corrected chi connectivity index (χ1v) is 5.37. The number of hydrogen-bond donors (Lipinski definition) is 2. The molecule has 0 atom stereocenters. The van der Waals surface area contributed by atoms with E-state index in [1.165, 1.54) is 30.5 Å². The number of rotatable bonds is 2. The molecule has 1 aromatic carbocycles. The van der Waals surface area contributed by atoms with Gasteiger partial charge in [-0.15, -0.1) is 5.10 Å². The highest BCUT2D eigenvalue weighted by Crippen LogP contribution is 2.27. The molecule has 0 spiro atoms. The summed E-state index contributed by atoms with van der Waals surface area (Å²) in [6, 6.07) is 5.77. The minimum Gasteiger partial charge on any atom is -0.508 e. The highest BCUT2D eigenvalue weighted by atomic mass is 32.1. The molecule has 0 amide bonds. The van der Waals surface area contributed by atoms with Gasteiger partial charge in [-0.2, -0.15) is 22.9 Å². The second-order valence-electron chi connectivity index (χ2n) is 3.50. The maximum Gasteiger partial charge on any atom is 0.453 e. The van der Waals surface area contributed by atoms with Gasteiger partial charge in [0.1, 0.15) is 5.75 Å². The number of benzene rings is 1. The fourth-order valence-corrected chi connectivity index (χ4v) is 1.45. The third-order valence-corrected chi connectivity index (χ3v) is 2.38. The average molecular weight is 288 g/mol. The summed E-state index contributed by atoms with van der Waals surface area (Å²) in [4.78, 5) is 0. The lowest BCUT2D eigenvalue weighted by Gasteiger charge is -2.03. The Labute approximate surface area is 110 Å². The molecule has 19 heavy (non-hydrogen) atoms. The zero-order valence-electron chi connectivity index (χ0n) is 9.22. The molecule has 0 saturated heterocycles. The van der Waals surface area contributed by atoms with E-state index in [2.05, 4.69) is 22.4 Å². The second kappa shape index (κ2) is 4.84. The van der Waals surface area contributed by atoms with Crippen molar-refractivity contribution in [3.63, 3.8) is 0 Å². The number of aromatic amines is 1. The number of hydrogen-bond acceptors (Lipinski definition) is 4. The highest BCUT2D eigenvalue weighted by Gasteiger charge is 2.37.